The highest BCUT2D eigenvalue weighted by Crippen LogP contribution is 2.38. The number of nitrogens with zero attached hydrogens (tertiary/aromatic N) is 1. The number of rotatable bonds is 5. The standard InChI is InChI=1S/C20H25ClN2O2/c1-13(2)23-18-6-4-3-5-16(18)17(20(23)25)11-19(24)22-12-14-7-9-15(21)10-8-14/h7-10,13,18H,3-6,11-12H2,1-2H3,(H,22,24). The molecule has 1 N–H and O–H groups in total. The average Bonchev–Trinajstić information content (AvgIpc) is 2.86. The summed E-state index contributed by atoms with van der Waals surface area (Å²) >= 11 is 5.87. The van der Waals surface area contributed by atoms with Crippen molar-refractivity contribution >= 4 is 23.4 Å². The van der Waals surface area contributed by atoms with Crippen LogP contribution in [0, 0.1) is 0 Å². The summed E-state index contributed by atoms with van der Waals surface area (Å²) in [7, 11) is 0. The van der Waals surface area contributed by atoms with Crippen LogP contribution in [0.4, 0.5) is 0 Å². The van der Waals surface area contributed by atoms with Gasteiger partial charge in [-0.1, -0.05) is 30.2 Å². The van der Waals surface area contributed by atoms with Crippen LogP contribution in [0.3, 0.4) is 0 Å². The van der Waals surface area contributed by atoms with Crippen molar-refractivity contribution in [2.45, 2.75) is 64.6 Å². The van der Waals surface area contributed by atoms with Gasteiger partial charge in [0.15, 0.2) is 0 Å². The van der Waals surface area contributed by atoms with E-state index in [4.69, 9.17) is 11.6 Å². The van der Waals surface area contributed by atoms with Crippen LogP contribution in [-0.4, -0.2) is 28.8 Å². The number of benzene rings is 1. The number of hydrogen-bond donors (Lipinski definition) is 1. The molecule has 1 unspecified atom stereocenters. The minimum atomic E-state index is -0.0965. The zero-order chi connectivity index (χ0) is 18.0. The Kier molecular flexibility index (Phi) is 5.48. The van der Waals surface area contributed by atoms with E-state index in [0.717, 1.165) is 36.8 Å². The predicted molar refractivity (Wildman–Crippen MR) is 99.2 cm³/mol. The van der Waals surface area contributed by atoms with Gasteiger partial charge < -0.3 is 10.2 Å². The van der Waals surface area contributed by atoms with Crippen LogP contribution in [0.2, 0.25) is 5.02 Å². The van der Waals surface area contributed by atoms with E-state index < -0.39 is 0 Å². The number of hydrogen-bond acceptors (Lipinski definition) is 2. The SMILES string of the molecule is CC(C)N1C(=O)C(CC(=O)NCc2ccc(Cl)cc2)=C2CCCCC21. The van der Waals surface area contributed by atoms with E-state index in [0.29, 0.717) is 11.6 Å². The van der Waals surface area contributed by atoms with E-state index >= 15 is 0 Å². The zero-order valence-corrected chi connectivity index (χ0v) is 15.6. The van der Waals surface area contributed by atoms with Crippen molar-refractivity contribution in [2.75, 3.05) is 0 Å². The van der Waals surface area contributed by atoms with Crippen LogP contribution in [0.15, 0.2) is 35.4 Å². The van der Waals surface area contributed by atoms with E-state index in [1.165, 1.54) is 5.57 Å². The van der Waals surface area contributed by atoms with Crippen LogP contribution in [0.5, 0.6) is 0 Å². The summed E-state index contributed by atoms with van der Waals surface area (Å²) in [6.45, 7) is 4.55. The Morgan fingerprint density at radius 3 is 2.68 bits per heavy atom. The second kappa shape index (κ2) is 7.61. The average molecular weight is 361 g/mol. The zero-order valence-electron chi connectivity index (χ0n) is 14.8. The molecule has 3 rings (SSSR count). The first kappa shape index (κ1) is 18.0. The molecular weight excluding hydrogens is 336 g/mol. The first-order valence-corrected chi connectivity index (χ1v) is 9.41. The highest BCUT2D eigenvalue weighted by molar-refractivity contribution is 6.30. The molecule has 4 nitrogen and oxygen atoms in total. The molecule has 2 aliphatic rings. The third-order valence-corrected chi connectivity index (χ3v) is 5.34. The highest BCUT2D eigenvalue weighted by atomic mass is 35.5. The van der Waals surface area contributed by atoms with Gasteiger partial charge in [-0.25, -0.2) is 0 Å². The quantitative estimate of drug-likeness (QED) is 0.867. The molecule has 1 heterocycles. The number of halogens is 1. The topological polar surface area (TPSA) is 49.4 Å². The molecule has 1 fully saturated rings. The monoisotopic (exact) mass is 360 g/mol. The second-order valence-electron chi connectivity index (χ2n) is 7.15. The van der Waals surface area contributed by atoms with E-state index in [-0.39, 0.29) is 30.3 Å². The van der Waals surface area contributed by atoms with Gasteiger partial charge >= 0.3 is 0 Å². The summed E-state index contributed by atoms with van der Waals surface area (Å²) in [5.74, 6) is -0.0423. The molecule has 5 heteroatoms. The number of fused-ring (bicyclic) bond motifs is 1. The largest absolute Gasteiger partial charge is 0.352 e. The number of amides is 2. The Labute approximate surface area is 154 Å². The fraction of sp³-hybridized carbons (Fsp3) is 0.500. The maximum Gasteiger partial charge on any atom is 0.251 e. The molecule has 1 aromatic rings. The molecular formula is C20H25ClN2O2. The fourth-order valence-corrected chi connectivity index (χ4v) is 4.02. The van der Waals surface area contributed by atoms with E-state index in [2.05, 4.69) is 5.32 Å². The van der Waals surface area contributed by atoms with Gasteiger partial charge in [0, 0.05) is 23.2 Å². The first-order valence-electron chi connectivity index (χ1n) is 9.03. The summed E-state index contributed by atoms with van der Waals surface area (Å²) in [5.41, 5.74) is 2.92. The fourth-order valence-electron chi connectivity index (χ4n) is 3.90. The third-order valence-electron chi connectivity index (χ3n) is 5.09. The van der Waals surface area contributed by atoms with Crippen molar-refractivity contribution < 1.29 is 9.59 Å². The lowest BCUT2D eigenvalue weighted by atomic mass is 9.88. The predicted octanol–water partition coefficient (Wildman–Crippen LogP) is 3.84. The van der Waals surface area contributed by atoms with Crippen molar-refractivity contribution in [3.63, 3.8) is 0 Å². The normalized spacial score (nSPS) is 20.2. The van der Waals surface area contributed by atoms with E-state index in [1.54, 1.807) is 12.1 Å². The van der Waals surface area contributed by atoms with E-state index in [9.17, 15) is 9.59 Å². The minimum absolute atomic E-state index is 0.0542. The Balaban J connectivity index is 1.66. The molecule has 1 saturated carbocycles. The Bertz CT molecular complexity index is 694. The van der Waals surface area contributed by atoms with Crippen LogP contribution < -0.4 is 5.32 Å². The molecule has 0 radical (unpaired) electrons. The van der Waals surface area contributed by atoms with Crippen LogP contribution in [-0.2, 0) is 16.1 Å². The summed E-state index contributed by atoms with van der Waals surface area (Å²) in [6.07, 6.45) is 4.41. The summed E-state index contributed by atoms with van der Waals surface area (Å²) < 4.78 is 0. The Morgan fingerprint density at radius 1 is 1.28 bits per heavy atom. The molecule has 0 bridgehead atoms. The van der Waals surface area contributed by atoms with Gasteiger partial charge in [0.1, 0.15) is 0 Å². The van der Waals surface area contributed by atoms with Gasteiger partial charge in [0.25, 0.3) is 5.91 Å². The molecule has 1 aromatic carbocycles. The first-order chi connectivity index (χ1) is 12.0. The van der Waals surface area contributed by atoms with Gasteiger partial charge in [-0.2, -0.15) is 0 Å². The number of carbonyl (C=O) groups is 2. The van der Waals surface area contributed by atoms with Gasteiger partial charge in [0.05, 0.1) is 12.5 Å². The van der Waals surface area contributed by atoms with Crippen molar-refractivity contribution in [1.82, 2.24) is 10.2 Å². The van der Waals surface area contributed by atoms with Gasteiger partial charge in [0.2, 0.25) is 5.91 Å². The second-order valence-corrected chi connectivity index (χ2v) is 7.59. The Morgan fingerprint density at radius 2 is 2.00 bits per heavy atom. The lowest BCUT2D eigenvalue weighted by molar-refractivity contribution is -0.130. The maximum absolute atomic E-state index is 12.8. The number of carbonyl (C=O) groups excluding carboxylic acids is 2. The maximum atomic E-state index is 12.8. The molecule has 1 atom stereocenters. The van der Waals surface area contributed by atoms with Crippen LogP contribution in [0.25, 0.3) is 0 Å². The van der Waals surface area contributed by atoms with Gasteiger partial charge in [-0.05, 0) is 56.4 Å². The molecule has 0 aromatic heterocycles. The summed E-state index contributed by atoms with van der Waals surface area (Å²) in [5, 5.41) is 3.60. The van der Waals surface area contributed by atoms with E-state index in [1.807, 2.05) is 30.9 Å². The summed E-state index contributed by atoms with van der Waals surface area (Å²) in [4.78, 5) is 27.2. The smallest absolute Gasteiger partial charge is 0.251 e. The third kappa shape index (κ3) is 3.90. The highest BCUT2D eigenvalue weighted by Gasteiger charge is 2.41. The molecule has 2 amide bonds. The summed E-state index contributed by atoms with van der Waals surface area (Å²) in [6, 6.07) is 7.77. The minimum Gasteiger partial charge on any atom is -0.352 e. The van der Waals surface area contributed by atoms with Crippen molar-refractivity contribution in [3.8, 4) is 0 Å². The van der Waals surface area contributed by atoms with Gasteiger partial charge in [-0.15, -0.1) is 0 Å². The number of nitrogens with one attached hydrogen (secondary N) is 1. The Hall–Kier alpha value is -1.81. The molecule has 0 spiro atoms. The molecule has 1 aliphatic carbocycles. The lowest BCUT2D eigenvalue weighted by Crippen LogP contribution is -2.41. The van der Waals surface area contributed by atoms with Crippen LogP contribution >= 0.6 is 11.6 Å². The van der Waals surface area contributed by atoms with Crippen molar-refractivity contribution in [1.29, 1.82) is 0 Å². The lowest BCUT2D eigenvalue weighted by Gasteiger charge is -2.33. The molecule has 0 saturated heterocycles. The molecule has 25 heavy (non-hydrogen) atoms. The molecule has 134 valence electrons. The molecule has 1 aliphatic heterocycles. The van der Waals surface area contributed by atoms with Gasteiger partial charge in [-0.3, -0.25) is 9.59 Å². The van der Waals surface area contributed by atoms with Crippen molar-refractivity contribution in [2.24, 2.45) is 0 Å². The van der Waals surface area contributed by atoms with Crippen molar-refractivity contribution in [3.05, 3.63) is 46.0 Å². The van der Waals surface area contributed by atoms with Crippen LogP contribution in [0.1, 0.15) is 51.5 Å².